The van der Waals surface area contributed by atoms with Gasteiger partial charge in [0, 0.05) is 31.7 Å². The number of hydrogen-bond acceptors (Lipinski definition) is 6. The molecule has 0 radical (unpaired) electrons. The molecule has 0 saturated carbocycles. The third-order valence-electron chi connectivity index (χ3n) is 4.53. The predicted molar refractivity (Wildman–Crippen MR) is 106 cm³/mol. The van der Waals surface area contributed by atoms with E-state index in [-0.39, 0.29) is 5.91 Å². The molecule has 1 amide bonds. The summed E-state index contributed by atoms with van der Waals surface area (Å²) in [7, 11) is 5.11. The number of ether oxygens (including phenoxy) is 2. The molecule has 0 aliphatic carbocycles. The summed E-state index contributed by atoms with van der Waals surface area (Å²) in [5.41, 5.74) is 0.990. The number of piperazine rings is 1. The molecule has 27 heavy (non-hydrogen) atoms. The maximum atomic E-state index is 12.5. The molecular formula is C19H23ClN4O3. The van der Waals surface area contributed by atoms with Gasteiger partial charge in [0.25, 0.3) is 5.91 Å². The van der Waals surface area contributed by atoms with Crippen LogP contribution in [0.5, 0.6) is 11.5 Å². The van der Waals surface area contributed by atoms with Crippen LogP contribution < -0.4 is 19.7 Å². The van der Waals surface area contributed by atoms with Crippen LogP contribution in [0, 0.1) is 0 Å². The molecule has 1 aliphatic rings. The van der Waals surface area contributed by atoms with Crippen LogP contribution in [0.15, 0.2) is 30.5 Å². The third-order valence-corrected chi connectivity index (χ3v) is 4.81. The van der Waals surface area contributed by atoms with Crippen LogP contribution >= 0.6 is 11.6 Å². The van der Waals surface area contributed by atoms with E-state index in [1.165, 1.54) is 14.2 Å². The van der Waals surface area contributed by atoms with Gasteiger partial charge in [-0.1, -0.05) is 11.6 Å². The SMILES string of the molecule is COc1cc(C(=O)Nc2ccc(N3CCN(C)CC3)nc2)cc(Cl)c1OC. The Labute approximate surface area is 163 Å². The van der Waals surface area contributed by atoms with Crippen LogP contribution in [0.1, 0.15) is 10.4 Å². The minimum Gasteiger partial charge on any atom is -0.493 e. The van der Waals surface area contributed by atoms with Crippen molar-refractivity contribution in [1.29, 1.82) is 0 Å². The van der Waals surface area contributed by atoms with Crippen molar-refractivity contribution in [3.05, 3.63) is 41.0 Å². The minimum atomic E-state index is -0.299. The first-order valence-corrected chi connectivity index (χ1v) is 9.02. The van der Waals surface area contributed by atoms with Gasteiger partial charge in [-0.2, -0.15) is 0 Å². The van der Waals surface area contributed by atoms with Gasteiger partial charge in [-0.25, -0.2) is 4.98 Å². The van der Waals surface area contributed by atoms with Crippen LogP contribution in [-0.4, -0.2) is 63.2 Å². The molecule has 1 saturated heterocycles. The zero-order valence-corrected chi connectivity index (χ0v) is 16.4. The molecule has 1 fully saturated rings. The Morgan fingerprint density at radius 1 is 1.15 bits per heavy atom. The topological polar surface area (TPSA) is 66.9 Å². The lowest BCUT2D eigenvalue weighted by Gasteiger charge is -2.33. The molecule has 0 atom stereocenters. The quantitative estimate of drug-likeness (QED) is 0.846. The largest absolute Gasteiger partial charge is 0.493 e. The van der Waals surface area contributed by atoms with E-state index in [0.29, 0.717) is 27.8 Å². The van der Waals surface area contributed by atoms with Gasteiger partial charge in [0.15, 0.2) is 11.5 Å². The van der Waals surface area contributed by atoms with Gasteiger partial charge in [-0.05, 0) is 31.3 Å². The number of aromatic nitrogens is 1. The van der Waals surface area contributed by atoms with Gasteiger partial charge in [-0.3, -0.25) is 4.79 Å². The fourth-order valence-corrected chi connectivity index (χ4v) is 3.22. The lowest BCUT2D eigenvalue weighted by molar-refractivity contribution is 0.102. The van der Waals surface area contributed by atoms with Crippen molar-refractivity contribution in [2.24, 2.45) is 0 Å². The van der Waals surface area contributed by atoms with E-state index in [1.54, 1.807) is 18.3 Å². The van der Waals surface area contributed by atoms with E-state index in [1.807, 2.05) is 12.1 Å². The van der Waals surface area contributed by atoms with Gasteiger partial charge in [-0.15, -0.1) is 0 Å². The van der Waals surface area contributed by atoms with Gasteiger partial charge in [0.1, 0.15) is 5.82 Å². The molecule has 3 rings (SSSR count). The first kappa shape index (κ1) is 19.3. The molecule has 7 nitrogen and oxygen atoms in total. The second-order valence-electron chi connectivity index (χ2n) is 6.34. The van der Waals surface area contributed by atoms with Crippen molar-refractivity contribution < 1.29 is 14.3 Å². The highest BCUT2D eigenvalue weighted by atomic mass is 35.5. The number of benzene rings is 1. The maximum absolute atomic E-state index is 12.5. The zero-order chi connectivity index (χ0) is 19.4. The second kappa shape index (κ2) is 8.45. The number of likely N-dealkylation sites (N-methyl/N-ethyl adjacent to an activating group) is 1. The molecule has 0 spiro atoms. The smallest absolute Gasteiger partial charge is 0.255 e. The van der Waals surface area contributed by atoms with E-state index >= 15 is 0 Å². The zero-order valence-electron chi connectivity index (χ0n) is 15.7. The van der Waals surface area contributed by atoms with Crippen molar-refractivity contribution in [2.75, 3.05) is 57.7 Å². The van der Waals surface area contributed by atoms with Crippen LogP contribution in [0.2, 0.25) is 5.02 Å². The van der Waals surface area contributed by atoms with Gasteiger partial charge < -0.3 is 24.6 Å². The molecule has 8 heteroatoms. The molecular weight excluding hydrogens is 368 g/mol. The summed E-state index contributed by atoms with van der Waals surface area (Å²) in [6.45, 7) is 3.92. The Morgan fingerprint density at radius 3 is 2.48 bits per heavy atom. The number of carbonyl (C=O) groups excluding carboxylic acids is 1. The van der Waals surface area contributed by atoms with Crippen LogP contribution in [-0.2, 0) is 0 Å². The van der Waals surface area contributed by atoms with Crippen molar-refractivity contribution in [3.8, 4) is 11.5 Å². The van der Waals surface area contributed by atoms with Gasteiger partial charge in [0.05, 0.1) is 31.1 Å². The third kappa shape index (κ3) is 4.43. The molecule has 144 valence electrons. The number of amides is 1. The highest BCUT2D eigenvalue weighted by molar-refractivity contribution is 6.32. The summed E-state index contributed by atoms with van der Waals surface area (Å²) in [6.07, 6.45) is 1.66. The Bertz CT molecular complexity index is 805. The number of nitrogens with zero attached hydrogens (tertiary/aromatic N) is 3. The van der Waals surface area contributed by atoms with E-state index in [0.717, 1.165) is 32.0 Å². The van der Waals surface area contributed by atoms with E-state index in [9.17, 15) is 4.79 Å². The first-order chi connectivity index (χ1) is 13.0. The number of nitrogens with one attached hydrogen (secondary N) is 1. The summed E-state index contributed by atoms with van der Waals surface area (Å²) in [4.78, 5) is 21.5. The molecule has 1 aromatic carbocycles. The van der Waals surface area contributed by atoms with E-state index < -0.39 is 0 Å². The van der Waals surface area contributed by atoms with Crippen LogP contribution in [0.3, 0.4) is 0 Å². The molecule has 2 aromatic rings. The highest BCUT2D eigenvalue weighted by Gasteiger charge is 2.17. The average Bonchev–Trinajstić information content (AvgIpc) is 2.68. The minimum absolute atomic E-state index is 0.299. The summed E-state index contributed by atoms with van der Waals surface area (Å²) in [5, 5.41) is 3.14. The number of anilines is 2. The molecule has 1 aromatic heterocycles. The maximum Gasteiger partial charge on any atom is 0.255 e. The van der Waals surface area contributed by atoms with Crippen molar-refractivity contribution in [1.82, 2.24) is 9.88 Å². The molecule has 2 heterocycles. The summed E-state index contributed by atoms with van der Waals surface area (Å²) < 4.78 is 10.4. The average molecular weight is 391 g/mol. The van der Waals surface area contributed by atoms with Crippen molar-refractivity contribution in [2.45, 2.75) is 0 Å². The molecule has 0 bridgehead atoms. The molecule has 1 N–H and O–H groups in total. The highest BCUT2D eigenvalue weighted by Crippen LogP contribution is 2.36. The first-order valence-electron chi connectivity index (χ1n) is 8.64. The van der Waals surface area contributed by atoms with Crippen molar-refractivity contribution >= 4 is 29.0 Å². The van der Waals surface area contributed by atoms with Crippen LogP contribution in [0.4, 0.5) is 11.5 Å². The number of halogens is 1. The van der Waals surface area contributed by atoms with Crippen LogP contribution in [0.25, 0.3) is 0 Å². The summed E-state index contributed by atoms with van der Waals surface area (Å²) >= 11 is 6.17. The fourth-order valence-electron chi connectivity index (χ4n) is 2.93. The lowest BCUT2D eigenvalue weighted by Crippen LogP contribution is -2.44. The van der Waals surface area contributed by atoms with Gasteiger partial charge >= 0.3 is 0 Å². The Hall–Kier alpha value is -2.51. The summed E-state index contributed by atoms with van der Waals surface area (Å²) in [6, 6.07) is 6.90. The molecule has 0 unspecified atom stereocenters. The Morgan fingerprint density at radius 2 is 1.89 bits per heavy atom. The summed E-state index contributed by atoms with van der Waals surface area (Å²) in [5.74, 6) is 1.41. The normalized spacial score (nSPS) is 14.7. The lowest BCUT2D eigenvalue weighted by atomic mass is 10.2. The number of rotatable bonds is 5. The van der Waals surface area contributed by atoms with E-state index in [2.05, 4.69) is 27.1 Å². The Kier molecular flexibility index (Phi) is 6.03. The fraction of sp³-hybridized carbons (Fsp3) is 0.368. The number of hydrogen-bond donors (Lipinski definition) is 1. The monoisotopic (exact) mass is 390 g/mol. The Balaban J connectivity index is 1.70. The number of carbonyl (C=O) groups is 1. The number of pyridine rings is 1. The standard InChI is InChI=1S/C19H23ClN4O3/c1-23-6-8-24(9-7-23)17-5-4-14(12-21-17)22-19(25)13-10-15(20)18(27-3)16(11-13)26-2/h4-5,10-12H,6-9H2,1-3H3,(H,22,25). The van der Waals surface area contributed by atoms with Gasteiger partial charge in [0.2, 0.25) is 0 Å². The molecule has 1 aliphatic heterocycles. The predicted octanol–water partition coefficient (Wildman–Crippen LogP) is 2.76. The second-order valence-corrected chi connectivity index (χ2v) is 6.75. The number of methoxy groups -OCH3 is 2. The van der Waals surface area contributed by atoms with E-state index in [4.69, 9.17) is 21.1 Å². The van der Waals surface area contributed by atoms with Crippen molar-refractivity contribution in [3.63, 3.8) is 0 Å².